The number of hydrogen-bond acceptors (Lipinski definition) is 4. The van der Waals surface area contributed by atoms with Gasteiger partial charge in [-0.15, -0.1) is 0 Å². The summed E-state index contributed by atoms with van der Waals surface area (Å²) in [5.41, 5.74) is 0. The molecule has 0 aromatic carbocycles. The average Bonchev–Trinajstić information content (AvgIpc) is 2.24. The molecule has 0 unspecified atom stereocenters. The Balaban J connectivity index is 2.39. The Labute approximate surface area is 98.1 Å². The quantitative estimate of drug-likeness (QED) is 0.750. The van der Waals surface area contributed by atoms with E-state index in [2.05, 4.69) is 29.1 Å². The Bertz CT molecular complexity index is 310. The van der Waals surface area contributed by atoms with Crippen LogP contribution in [-0.4, -0.2) is 30.6 Å². The molecule has 0 amide bonds. The van der Waals surface area contributed by atoms with Crippen LogP contribution in [-0.2, 0) is 0 Å². The van der Waals surface area contributed by atoms with Crippen LogP contribution in [0, 0.1) is 5.92 Å². The number of aromatic nitrogens is 2. The van der Waals surface area contributed by atoms with Gasteiger partial charge in [0.05, 0.1) is 0 Å². The molecule has 1 heterocycles. The van der Waals surface area contributed by atoms with Gasteiger partial charge >= 0.3 is 0 Å². The van der Waals surface area contributed by atoms with Gasteiger partial charge in [-0.3, -0.25) is 0 Å². The van der Waals surface area contributed by atoms with E-state index in [0.717, 1.165) is 24.2 Å². The summed E-state index contributed by atoms with van der Waals surface area (Å²) in [7, 11) is 3.88. The minimum Gasteiger partial charge on any atom is -0.370 e. The predicted molar refractivity (Wildman–Crippen MR) is 68.9 cm³/mol. The molecule has 0 saturated carbocycles. The minimum absolute atomic E-state index is 0.744. The Hall–Kier alpha value is -1.32. The van der Waals surface area contributed by atoms with Gasteiger partial charge in [0.15, 0.2) is 0 Å². The smallest absolute Gasteiger partial charge is 0.226 e. The van der Waals surface area contributed by atoms with Crippen molar-refractivity contribution < 1.29 is 0 Å². The van der Waals surface area contributed by atoms with Crippen molar-refractivity contribution in [2.45, 2.75) is 26.7 Å². The SMILES string of the molecule is CC(C)CCCNc1ccnc(N(C)C)n1. The standard InChI is InChI=1S/C12H22N4/c1-10(2)6-5-8-13-11-7-9-14-12(15-11)16(3)4/h7,9-10H,5-6,8H2,1-4H3,(H,13,14,15). The topological polar surface area (TPSA) is 41.1 Å². The summed E-state index contributed by atoms with van der Waals surface area (Å²) in [6, 6.07) is 1.91. The molecule has 0 spiro atoms. The van der Waals surface area contributed by atoms with Crippen LogP contribution < -0.4 is 10.2 Å². The molecule has 0 aliphatic heterocycles. The van der Waals surface area contributed by atoms with Crippen LogP contribution in [0.3, 0.4) is 0 Å². The van der Waals surface area contributed by atoms with E-state index in [-0.39, 0.29) is 0 Å². The lowest BCUT2D eigenvalue weighted by Crippen LogP contribution is -2.14. The lowest BCUT2D eigenvalue weighted by atomic mass is 10.1. The highest BCUT2D eigenvalue weighted by molar-refractivity contribution is 5.40. The number of rotatable bonds is 6. The van der Waals surface area contributed by atoms with E-state index in [1.54, 1.807) is 6.20 Å². The van der Waals surface area contributed by atoms with E-state index in [4.69, 9.17) is 0 Å². The van der Waals surface area contributed by atoms with Crippen molar-refractivity contribution in [3.8, 4) is 0 Å². The summed E-state index contributed by atoms with van der Waals surface area (Å²) in [6.45, 7) is 5.46. The van der Waals surface area contributed by atoms with Gasteiger partial charge in [-0.05, 0) is 24.8 Å². The van der Waals surface area contributed by atoms with Gasteiger partial charge in [0.2, 0.25) is 5.95 Å². The highest BCUT2D eigenvalue weighted by atomic mass is 15.2. The Morgan fingerprint density at radius 3 is 2.75 bits per heavy atom. The summed E-state index contributed by atoms with van der Waals surface area (Å²) >= 11 is 0. The van der Waals surface area contributed by atoms with Crippen LogP contribution >= 0.6 is 0 Å². The normalized spacial score (nSPS) is 10.6. The van der Waals surface area contributed by atoms with Crippen molar-refractivity contribution in [2.75, 3.05) is 30.9 Å². The first-order chi connectivity index (χ1) is 7.59. The monoisotopic (exact) mass is 222 g/mol. The fourth-order valence-corrected chi connectivity index (χ4v) is 1.39. The van der Waals surface area contributed by atoms with Gasteiger partial charge in [-0.25, -0.2) is 4.98 Å². The van der Waals surface area contributed by atoms with Crippen LogP contribution in [0.15, 0.2) is 12.3 Å². The number of nitrogens with zero attached hydrogens (tertiary/aromatic N) is 3. The van der Waals surface area contributed by atoms with E-state index in [1.807, 2.05) is 25.1 Å². The zero-order valence-electron chi connectivity index (χ0n) is 10.7. The fraction of sp³-hybridized carbons (Fsp3) is 0.667. The van der Waals surface area contributed by atoms with Gasteiger partial charge in [-0.1, -0.05) is 13.8 Å². The fourth-order valence-electron chi connectivity index (χ4n) is 1.39. The van der Waals surface area contributed by atoms with E-state index in [0.29, 0.717) is 0 Å². The maximum Gasteiger partial charge on any atom is 0.226 e. The third-order valence-corrected chi connectivity index (χ3v) is 2.31. The van der Waals surface area contributed by atoms with Crippen LogP contribution in [0.4, 0.5) is 11.8 Å². The molecule has 0 aliphatic rings. The van der Waals surface area contributed by atoms with Gasteiger partial charge in [0.1, 0.15) is 5.82 Å². The third-order valence-electron chi connectivity index (χ3n) is 2.31. The van der Waals surface area contributed by atoms with Crippen molar-refractivity contribution in [1.82, 2.24) is 9.97 Å². The van der Waals surface area contributed by atoms with Gasteiger partial charge in [0, 0.05) is 26.8 Å². The molecule has 1 aromatic heterocycles. The van der Waals surface area contributed by atoms with E-state index in [1.165, 1.54) is 12.8 Å². The number of nitrogens with one attached hydrogen (secondary N) is 1. The number of hydrogen-bond donors (Lipinski definition) is 1. The first kappa shape index (κ1) is 12.7. The molecular formula is C12H22N4. The number of anilines is 2. The summed E-state index contributed by atoms with van der Waals surface area (Å²) < 4.78 is 0. The zero-order valence-corrected chi connectivity index (χ0v) is 10.7. The van der Waals surface area contributed by atoms with Crippen LogP contribution in [0.5, 0.6) is 0 Å². The summed E-state index contributed by atoms with van der Waals surface area (Å²) in [6.07, 6.45) is 4.21. The Morgan fingerprint density at radius 2 is 2.12 bits per heavy atom. The second kappa shape index (κ2) is 6.30. The van der Waals surface area contributed by atoms with Crippen molar-refractivity contribution in [3.63, 3.8) is 0 Å². The average molecular weight is 222 g/mol. The van der Waals surface area contributed by atoms with Crippen molar-refractivity contribution in [2.24, 2.45) is 5.92 Å². The summed E-state index contributed by atoms with van der Waals surface area (Å²) in [5, 5.41) is 3.32. The van der Waals surface area contributed by atoms with Gasteiger partial charge in [-0.2, -0.15) is 4.98 Å². The maximum absolute atomic E-state index is 4.39. The molecule has 4 nitrogen and oxygen atoms in total. The summed E-state index contributed by atoms with van der Waals surface area (Å²) in [4.78, 5) is 10.5. The van der Waals surface area contributed by atoms with Crippen LogP contribution in [0.1, 0.15) is 26.7 Å². The molecule has 90 valence electrons. The minimum atomic E-state index is 0.744. The van der Waals surface area contributed by atoms with Crippen molar-refractivity contribution >= 4 is 11.8 Å². The molecule has 0 aliphatic carbocycles. The molecule has 1 aromatic rings. The second-order valence-electron chi connectivity index (χ2n) is 4.60. The molecule has 1 N–H and O–H groups in total. The maximum atomic E-state index is 4.39. The van der Waals surface area contributed by atoms with Crippen LogP contribution in [0.25, 0.3) is 0 Å². The predicted octanol–water partition coefficient (Wildman–Crippen LogP) is 2.39. The lowest BCUT2D eigenvalue weighted by molar-refractivity contribution is 0.566. The molecule has 0 radical (unpaired) electrons. The van der Waals surface area contributed by atoms with Crippen LogP contribution in [0.2, 0.25) is 0 Å². The largest absolute Gasteiger partial charge is 0.370 e. The molecule has 0 saturated heterocycles. The van der Waals surface area contributed by atoms with Crippen molar-refractivity contribution in [1.29, 1.82) is 0 Å². The lowest BCUT2D eigenvalue weighted by Gasteiger charge is -2.12. The highest BCUT2D eigenvalue weighted by Crippen LogP contribution is 2.09. The zero-order chi connectivity index (χ0) is 12.0. The first-order valence-corrected chi connectivity index (χ1v) is 5.84. The molecular weight excluding hydrogens is 200 g/mol. The molecule has 4 heteroatoms. The molecule has 0 bridgehead atoms. The molecule has 0 fully saturated rings. The highest BCUT2D eigenvalue weighted by Gasteiger charge is 2.00. The van der Waals surface area contributed by atoms with E-state index >= 15 is 0 Å². The van der Waals surface area contributed by atoms with Gasteiger partial charge in [0.25, 0.3) is 0 Å². The first-order valence-electron chi connectivity index (χ1n) is 5.84. The molecule has 16 heavy (non-hydrogen) atoms. The Morgan fingerprint density at radius 1 is 1.38 bits per heavy atom. The Kier molecular flexibility index (Phi) is 5.02. The van der Waals surface area contributed by atoms with E-state index in [9.17, 15) is 0 Å². The summed E-state index contributed by atoms with van der Waals surface area (Å²) in [5.74, 6) is 2.42. The third kappa shape index (κ3) is 4.47. The van der Waals surface area contributed by atoms with E-state index < -0.39 is 0 Å². The van der Waals surface area contributed by atoms with Gasteiger partial charge < -0.3 is 10.2 Å². The van der Waals surface area contributed by atoms with Crippen molar-refractivity contribution in [3.05, 3.63) is 12.3 Å². The second-order valence-corrected chi connectivity index (χ2v) is 4.60. The molecule has 0 atom stereocenters. The molecule has 1 rings (SSSR count).